The van der Waals surface area contributed by atoms with Gasteiger partial charge in [0, 0.05) is 6.42 Å². The van der Waals surface area contributed by atoms with Crippen LogP contribution in [0.4, 0.5) is 0 Å². The van der Waals surface area contributed by atoms with Crippen molar-refractivity contribution in [2.75, 3.05) is 0 Å². The Hall–Kier alpha value is -2.62. The maximum absolute atomic E-state index is 12.1. The maximum atomic E-state index is 12.1. The lowest BCUT2D eigenvalue weighted by atomic mass is 9.96. The number of hydrogen-bond donors (Lipinski definition) is 0. The van der Waals surface area contributed by atoms with Crippen molar-refractivity contribution in [3.63, 3.8) is 0 Å². The van der Waals surface area contributed by atoms with Crippen LogP contribution < -0.4 is 4.74 Å². The number of carbonyl (C=O) groups excluding carboxylic acids is 2. The molecule has 3 rings (SSSR count). The topological polar surface area (TPSA) is 52.6 Å². The molecule has 2 aromatic rings. The predicted molar refractivity (Wildman–Crippen MR) is 85.6 cm³/mol. The zero-order chi connectivity index (χ0) is 16.1. The molecule has 4 nitrogen and oxygen atoms in total. The van der Waals surface area contributed by atoms with Crippen molar-refractivity contribution in [1.82, 2.24) is 0 Å². The number of esters is 1. The van der Waals surface area contributed by atoms with Gasteiger partial charge in [0.25, 0.3) is 0 Å². The van der Waals surface area contributed by atoms with E-state index in [1.807, 2.05) is 30.3 Å². The molecule has 2 aromatic carbocycles. The number of rotatable bonds is 4. The Balaban J connectivity index is 1.62. The molecule has 0 saturated heterocycles. The summed E-state index contributed by atoms with van der Waals surface area (Å²) >= 11 is 0. The molecule has 0 N–H and O–H groups in total. The first-order chi connectivity index (χ1) is 11.2. The molecular weight excluding hydrogens is 292 g/mol. The molecule has 118 valence electrons. The van der Waals surface area contributed by atoms with Crippen LogP contribution in [0.1, 0.15) is 36.0 Å². The molecule has 1 aliphatic rings. The van der Waals surface area contributed by atoms with Crippen LogP contribution in [0, 0.1) is 0 Å². The molecule has 0 heterocycles. The Kier molecular flexibility index (Phi) is 4.71. The van der Waals surface area contributed by atoms with Crippen molar-refractivity contribution < 1.29 is 19.1 Å². The molecule has 0 spiro atoms. The average molecular weight is 310 g/mol. The molecule has 0 aliphatic heterocycles. The molecule has 1 atom stereocenters. The maximum Gasteiger partial charge on any atom is 0.338 e. The Bertz CT molecular complexity index is 676. The molecule has 4 heteroatoms. The van der Waals surface area contributed by atoms with Gasteiger partial charge in [-0.15, -0.1) is 0 Å². The standard InChI is InChI=1S/C19H18O4/c20-17-8-4-5-9-18(17)23-19(21)14-10-12-16(13-11-14)22-15-6-2-1-3-7-15/h1-3,6-7,10-13,18H,4-5,8-9H2/t18-/m1/s1. The summed E-state index contributed by atoms with van der Waals surface area (Å²) < 4.78 is 11.0. The van der Waals surface area contributed by atoms with Gasteiger partial charge in [-0.3, -0.25) is 4.79 Å². The highest BCUT2D eigenvalue weighted by Gasteiger charge is 2.26. The summed E-state index contributed by atoms with van der Waals surface area (Å²) in [5.74, 6) is 0.933. The summed E-state index contributed by atoms with van der Waals surface area (Å²) in [6, 6.07) is 16.1. The van der Waals surface area contributed by atoms with Gasteiger partial charge in [-0.2, -0.15) is 0 Å². The van der Waals surface area contributed by atoms with E-state index in [1.165, 1.54) is 0 Å². The molecule has 0 aromatic heterocycles. The third-order valence-corrected chi connectivity index (χ3v) is 3.82. The van der Waals surface area contributed by atoms with Gasteiger partial charge in [-0.05, 0) is 55.7 Å². The molecule has 0 amide bonds. The summed E-state index contributed by atoms with van der Waals surface area (Å²) in [4.78, 5) is 23.8. The van der Waals surface area contributed by atoms with Gasteiger partial charge in [0.05, 0.1) is 5.56 Å². The minimum atomic E-state index is -0.587. The third-order valence-electron chi connectivity index (χ3n) is 3.82. The normalized spacial score (nSPS) is 17.6. The molecule has 0 radical (unpaired) electrons. The number of carbonyl (C=O) groups is 2. The molecular formula is C19H18O4. The average Bonchev–Trinajstić information content (AvgIpc) is 2.58. The summed E-state index contributed by atoms with van der Waals surface area (Å²) in [7, 11) is 0. The highest BCUT2D eigenvalue weighted by Crippen LogP contribution is 2.22. The van der Waals surface area contributed by atoms with E-state index >= 15 is 0 Å². The van der Waals surface area contributed by atoms with Crippen molar-refractivity contribution >= 4 is 11.8 Å². The van der Waals surface area contributed by atoms with E-state index in [9.17, 15) is 9.59 Å². The van der Waals surface area contributed by atoms with Gasteiger partial charge in [0.15, 0.2) is 11.9 Å². The summed E-state index contributed by atoms with van der Waals surface area (Å²) in [6.07, 6.45) is 2.35. The van der Waals surface area contributed by atoms with Gasteiger partial charge in [0.1, 0.15) is 11.5 Å². The number of Topliss-reactive ketones (excluding diaryl/α,β-unsaturated/α-hetero) is 1. The van der Waals surface area contributed by atoms with Crippen molar-refractivity contribution in [3.05, 3.63) is 60.2 Å². The Morgan fingerprint density at radius 1 is 0.913 bits per heavy atom. The first-order valence-electron chi connectivity index (χ1n) is 7.79. The number of hydrogen-bond acceptors (Lipinski definition) is 4. The molecule has 1 aliphatic carbocycles. The second kappa shape index (κ2) is 7.09. The van der Waals surface area contributed by atoms with E-state index in [-0.39, 0.29) is 5.78 Å². The Labute approximate surface area is 135 Å². The molecule has 0 unspecified atom stereocenters. The van der Waals surface area contributed by atoms with E-state index in [4.69, 9.17) is 9.47 Å². The van der Waals surface area contributed by atoms with Gasteiger partial charge in [0.2, 0.25) is 0 Å². The van der Waals surface area contributed by atoms with Crippen LogP contribution in [-0.2, 0) is 9.53 Å². The number of para-hydroxylation sites is 1. The van der Waals surface area contributed by atoms with Gasteiger partial charge in [-0.1, -0.05) is 18.2 Å². The van der Waals surface area contributed by atoms with Crippen molar-refractivity contribution in [2.24, 2.45) is 0 Å². The fraction of sp³-hybridized carbons (Fsp3) is 0.263. The fourth-order valence-corrected chi connectivity index (χ4v) is 2.56. The number of ketones is 1. The molecule has 1 fully saturated rings. The van der Waals surface area contributed by atoms with Gasteiger partial charge in [-0.25, -0.2) is 4.79 Å². The van der Waals surface area contributed by atoms with E-state index < -0.39 is 12.1 Å². The zero-order valence-corrected chi connectivity index (χ0v) is 12.7. The highest BCUT2D eigenvalue weighted by molar-refractivity contribution is 5.93. The number of benzene rings is 2. The first-order valence-corrected chi connectivity index (χ1v) is 7.79. The van der Waals surface area contributed by atoms with Crippen LogP contribution >= 0.6 is 0 Å². The third kappa shape index (κ3) is 3.97. The SMILES string of the molecule is O=C(O[C@@H]1CCCCC1=O)c1ccc(Oc2ccccc2)cc1. The van der Waals surface area contributed by atoms with Crippen LogP contribution in [0.5, 0.6) is 11.5 Å². The van der Waals surface area contributed by atoms with E-state index in [1.54, 1.807) is 24.3 Å². The van der Waals surface area contributed by atoms with Crippen molar-refractivity contribution in [1.29, 1.82) is 0 Å². The highest BCUT2D eigenvalue weighted by atomic mass is 16.5. The van der Waals surface area contributed by atoms with Gasteiger partial charge >= 0.3 is 5.97 Å². The smallest absolute Gasteiger partial charge is 0.338 e. The minimum Gasteiger partial charge on any atom is -0.457 e. The van der Waals surface area contributed by atoms with Gasteiger partial charge < -0.3 is 9.47 Å². The molecule has 23 heavy (non-hydrogen) atoms. The lowest BCUT2D eigenvalue weighted by molar-refractivity contribution is -0.129. The number of ether oxygens (including phenoxy) is 2. The quantitative estimate of drug-likeness (QED) is 0.796. The van der Waals surface area contributed by atoms with E-state index in [2.05, 4.69) is 0 Å². The minimum absolute atomic E-state index is 0.0219. The van der Waals surface area contributed by atoms with Crippen LogP contribution in [0.3, 0.4) is 0 Å². The van der Waals surface area contributed by atoms with Crippen molar-refractivity contribution in [2.45, 2.75) is 31.8 Å². The van der Waals surface area contributed by atoms with Crippen LogP contribution in [0.25, 0.3) is 0 Å². The lowest BCUT2D eigenvalue weighted by Gasteiger charge is -2.20. The predicted octanol–water partition coefficient (Wildman–Crippen LogP) is 4.15. The Morgan fingerprint density at radius 2 is 1.61 bits per heavy atom. The van der Waals surface area contributed by atoms with E-state index in [0.717, 1.165) is 18.6 Å². The first kappa shape index (κ1) is 15.3. The van der Waals surface area contributed by atoms with Crippen LogP contribution in [-0.4, -0.2) is 17.9 Å². The monoisotopic (exact) mass is 310 g/mol. The summed E-state index contributed by atoms with van der Waals surface area (Å²) in [6.45, 7) is 0. The Morgan fingerprint density at radius 3 is 2.30 bits per heavy atom. The van der Waals surface area contributed by atoms with Crippen LogP contribution in [0.15, 0.2) is 54.6 Å². The fourth-order valence-electron chi connectivity index (χ4n) is 2.56. The van der Waals surface area contributed by atoms with Crippen LogP contribution in [0.2, 0.25) is 0 Å². The largest absolute Gasteiger partial charge is 0.457 e. The summed E-state index contributed by atoms with van der Waals surface area (Å²) in [5.41, 5.74) is 0.420. The second-order valence-corrected chi connectivity index (χ2v) is 5.55. The lowest BCUT2D eigenvalue weighted by Crippen LogP contribution is -2.30. The van der Waals surface area contributed by atoms with E-state index in [0.29, 0.717) is 24.2 Å². The second-order valence-electron chi connectivity index (χ2n) is 5.55. The molecule has 1 saturated carbocycles. The zero-order valence-electron chi connectivity index (χ0n) is 12.7. The molecule has 0 bridgehead atoms. The van der Waals surface area contributed by atoms with Crippen molar-refractivity contribution in [3.8, 4) is 11.5 Å². The summed E-state index contributed by atoms with van der Waals surface area (Å²) in [5, 5.41) is 0.